The summed E-state index contributed by atoms with van der Waals surface area (Å²) in [6, 6.07) is 8.27. The van der Waals surface area contributed by atoms with Crippen molar-refractivity contribution >= 4 is 11.8 Å². The van der Waals surface area contributed by atoms with Crippen molar-refractivity contribution in [3.05, 3.63) is 71.0 Å². The van der Waals surface area contributed by atoms with E-state index in [1.807, 2.05) is 13.0 Å². The Morgan fingerprint density at radius 3 is 2.43 bits per heavy atom. The van der Waals surface area contributed by atoms with Crippen LogP contribution in [0, 0.1) is 18.3 Å². The quantitative estimate of drug-likeness (QED) is 0.580. The summed E-state index contributed by atoms with van der Waals surface area (Å²) < 4.78 is 0. The van der Waals surface area contributed by atoms with Gasteiger partial charge in [-0.25, -0.2) is 0 Å². The van der Waals surface area contributed by atoms with E-state index in [0.29, 0.717) is 11.3 Å². The Labute approximate surface area is 127 Å². The Morgan fingerprint density at radius 1 is 1.29 bits per heavy atom. The number of hydrogen-bond donors (Lipinski definition) is 1. The van der Waals surface area contributed by atoms with Crippen LogP contribution in [0.5, 0.6) is 0 Å². The molecular weight excluding hydrogens is 256 g/mol. The molecule has 1 aromatic rings. The average Bonchev–Trinajstić information content (AvgIpc) is 2.41. The van der Waals surface area contributed by atoms with Crippen LogP contribution in [-0.4, -0.2) is 0 Å². The summed E-state index contributed by atoms with van der Waals surface area (Å²) in [6.07, 6.45) is 3.69. The molecule has 0 aliphatic heterocycles. The first-order valence-corrected chi connectivity index (χ1v) is 6.84. The second-order valence-corrected chi connectivity index (χ2v) is 5.30. The Hall–Kier alpha value is -2.53. The fourth-order valence-corrected chi connectivity index (χ4v) is 1.94. The lowest BCUT2D eigenvalue weighted by atomic mass is 10.0. The van der Waals surface area contributed by atoms with Gasteiger partial charge in [0.1, 0.15) is 6.07 Å². The van der Waals surface area contributed by atoms with Crippen molar-refractivity contribution in [2.24, 2.45) is 0 Å². The molecule has 21 heavy (non-hydrogen) atoms. The van der Waals surface area contributed by atoms with E-state index in [2.05, 4.69) is 63.5 Å². The molecule has 0 unspecified atom stereocenters. The first kappa shape index (κ1) is 16.5. The Bertz CT molecular complexity index is 663. The van der Waals surface area contributed by atoms with E-state index < -0.39 is 0 Å². The van der Waals surface area contributed by atoms with Crippen LogP contribution in [0.1, 0.15) is 31.9 Å². The summed E-state index contributed by atoms with van der Waals surface area (Å²) in [6.45, 7) is 15.7. The van der Waals surface area contributed by atoms with Crippen molar-refractivity contribution < 1.29 is 0 Å². The lowest BCUT2D eigenvalue weighted by Gasteiger charge is -2.14. The molecule has 1 N–H and O–H groups in total. The number of aryl methyl sites for hydroxylation is 1. The first-order chi connectivity index (χ1) is 9.88. The molecule has 0 radical (unpaired) electrons. The minimum atomic E-state index is 0.492. The molecule has 0 aliphatic carbocycles. The highest BCUT2D eigenvalue weighted by Gasteiger charge is 2.06. The van der Waals surface area contributed by atoms with Gasteiger partial charge in [0.25, 0.3) is 0 Å². The van der Waals surface area contributed by atoms with Gasteiger partial charge in [0.2, 0.25) is 0 Å². The van der Waals surface area contributed by atoms with Gasteiger partial charge in [-0.15, -0.1) is 0 Å². The number of nitriles is 1. The zero-order valence-electron chi connectivity index (χ0n) is 13.2. The third kappa shape index (κ3) is 4.50. The molecule has 0 aliphatic rings. The highest BCUT2D eigenvalue weighted by atomic mass is 14.9. The summed E-state index contributed by atoms with van der Waals surface area (Å²) >= 11 is 0. The average molecular weight is 278 g/mol. The first-order valence-electron chi connectivity index (χ1n) is 6.84. The van der Waals surface area contributed by atoms with Crippen molar-refractivity contribution in [2.75, 3.05) is 5.32 Å². The fourth-order valence-electron chi connectivity index (χ4n) is 1.94. The molecule has 0 atom stereocenters. The lowest BCUT2D eigenvalue weighted by Crippen LogP contribution is -2.04. The van der Waals surface area contributed by atoms with Crippen LogP contribution >= 0.6 is 0 Å². The molecule has 0 saturated heterocycles. The molecule has 0 aromatic heterocycles. The molecule has 0 bridgehead atoms. The van der Waals surface area contributed by atoms with E-state index >= 15 is 0 Å². The van der Waals surface area contributed by atoms with Gasteiger partial charge in [0.15, 0.2) is 0 Å². The van der Waals surface area contributed by atoms with Gasteiger partial charge < -0.3 is 5.32 Å². The Kier molecular flexibility index (Phi) is 5.75. The van der Waals surface area contributed by atoms with Crippen molar-refractivity contribution in [2.45, 2.75) is 27.7 Å². The van der Waals surface area contributed by atoms with Gasteiger partial charge in [-0.3, -0.25) is 0 Å². The van der Waals surface area contributed by atoms with Gasteiger partial charge in [0, 0.05) is 5.69 Å². The molecule has 0 amide bonds. The summed E-state index contributed by atoms with van der Waals surface area (Å²) in [5.41, 5.74) is 6.56. The summed E-state index contributed by atoms with van der Waals surface area (Å²) in [5, 5.41) is 12.4. The van der Waals surface area contributed by atoms with Crippen molar-refractivity contribution in [3.8, 4) is 6.07 Å². The molecule has 0 fully saturated rings. The van der Waals surface area contributed by atoms with E-state index in [9.17, 15) is 5.26 Å². The molecule has 0 heterocycles. The molecular formula is C19H22N2. The molecule has 1 rings (SSSR count). The van der Waals surface area contributed by atoms with E-state index in [-0.39, 0.29) is 0 Å². The van der Waals surface area contributed by atoms with Crippen molar-refractivity contribution in [3.63, 3.8) is 0 Å². The van der Waals surface area contributed by atoms with Crippen LogP contribution < -0.4 is 5.32 Å². The fraction of sp³-hybridized carbons (Fsp3) is 0.211. The maximum atomic E-state index is 9.17. The number of nitrogens with zero attached hydrogens (tertiary/aromatic N) is 1. The summed E-state index contributed by atoms with van der Waals surface area (Å²) in [5.74, 6) is 0. The zero-order valence-corrected chi connectivity index (χ0v) is 13.2. The second kappa shape index (κ2) is 7.31. The monoisotopic (exact) mass is 278 g/mol. The number of benzene rings is 1. The Morgan fingerprint density at radius 2 is 1.95 bits per heavy atom. The predicted octanol–water partition coefficient (Wildman–Crippen LogP) is 5.37. The van der Waals surface area contributed by atoms with Gasteiger partial charge in [-0.1, -0.05) is 30.9 Å². The highest BCUT2D eigenvalue weighted by molar-refractivity contribution is 5.65. The van der Waals surface area contributed by atoms with Crippen LogP contribution in [0.3, 0.4) is 0 Å². The standard InChI is InChI=1S/C19H22N2/c1-7-16(12-20)19(14(4)5)21-18-9-8-15(6)17(11-18)10-13(2)3/h7-11,21H,1,4H2,2-3,5-6H3/b19-16-. The second-order valence-electron chi connectivity index (χ2n) is 5.30. The van der Waals surface area contributed by atoms with E-state index in [4.69, 9.17) is 0 Å². The largest absolute Gasteiger partial charge is 0.354 e. The highest BCUT2D eigenvalue weighted by Crippen LogP contribution is 2.22. The molecule has 2 nitrogen and oxygen atoms in total. The van der Waals surface area contributed by atoms with E-state index in [1.54, 1.807) is 6.08 Å². The third-order valence-electron chi connectivity index (χ3n) is 3.01. The van der Waals surface area contributed by atoms with E-state index in [0.717, 1.165) is 16.8 Å². The molecule has 1 aromatic carbocycles. The molecule has 108 valence electrons. The van der Waals surface area contributed by atoms with Gasteiger partial charge in [-0.05, 0) is 62.6 Å². The normalized spacial score (nSPS) is 11.0. The molecule has 2 heteroatoms. The minimum absolute atomic E-state index is 0.492. The number of rotatable bonds is 5. The van der Waals surface area contributed by atoms with Crippen LogP contribution in [-0.2, 0) is 0 Å². The van der Waals surface area contributed by atoms with Gasteiger partial charge in [0.05, 0.1) is 11.3 Å². The number of hydrogen-bond acceptors (Lipinski definition) is 2. The minimum Gasteiger partial charge on any atom is -0.354 e. The van der Waals surface area contributed by atoms with Gasteiger partial charge >= 0.3 is 0 Å². The predicted molar refractivity (Wildman–Crippen MR) is 91.8 cm³/mol. The number of allylic oxidation sites excluding steroid dienone is 4. The lowest BCUT2D eigenvalue weighted by molar-refractivity contribution is 1.31. The SMILES string of the molecule is C=C/C(C#N)=C(/Nc1ccc(C)c(C=C(C)C)c1)C(=C)C. The summed E-state index contributed by atoms with van der Waals surface area (Å²) in [7, 11) is 0. The molecule has 0 spiro atoms. The van der Waals surface area contributed by atoms with Crippen LogP contribution in [0.15, 0.2) is 59.8 Å². The zero-order chi connectivity index (χ0) is 16.0. The Balaban J connectivity index is 3.27. The van der Waals surface area contributed by atoms with Crippen molar-refractivity contribution in [1.29, 1.82) is 5.26 Å². The number of anilines is 1. The van der Waals surface area contributed by atoms with Crippen LogP contribution in [0.4, 0.5) is 5.69 Å². The van der Waals surface area contributed by atoms with Crippen LogP contribution in [0.2, 0.25) is 0 Å². The maximum Gasteiger partial charge on any atom is 0.101 e. The maximum absolute atomic E-state index is 9.17. The third-order valence-corrected chi connectivity index (χ3v) is 3.01. The smallest absolute Gasteiger partial charge is 0.101 e. The topological polar surface area (TPSA) is 35.8 Å². The number of nitrogens with one attached hydrogen (secondary N) is 1. The molecule has 0 saturated carbocycles. The van der Waals surface area contributed by atoms with Gasteiger partial charge in [-0.2, -0.15) is 5.26 Å². The summed E-state index contributed by atoms with van der Waals surface area (Å²) in [4.78, 5) is 0. The van der Waals surface area contributed by atoms with Crippen LogP contribution in [0.25, 0.3) is 6.08 Å². The van der Waals surface area contributed by atoms with Crippen molar-refractivity contribution in [1.82, 2.24) is 0 Å². The van der Waals surface area contributed by atoms with E-state index in [1.165, 1.54) is 11.1 Å².